The monoisotopic (exact) mass is 441 g/mol. The summed E-state index contributed by atoms with van der Waals surface area (Å²) in [4.78, 5) is 27.5. The van der Waals surface area contributed by atoms with Crippen LogP contribution in [0, 0.1) is 5.82 Å². The molecule has 4 N–H and O–H groups in total. The topological polar surface area (TPSA) is 133 Å². The summed E-state index contributed by atoms with van der Waals surface area (Å²) in [5, 5.41) is 30.2. The first-order valence-electron chi connectivity index (χ1n) is 9.82. The molecule has 1 aromatic heterocycles. The summed E-state index contributed by atoms with van der Waals surface area (Å²) < 4.78 is 14.1. The maximum atomic E-state index is 14.1. The standard InChI is InChI=1S/C19H20FN3O.C4H4O4/c1-4-21-18-16(11(2)3)22-19(24)23-17(18)14-9-10-15(20)13-8-6-5-7-12(13)14;5-3(6)1-2-4(7)8/h5-11,21H,4H2,1-3H3,(H,22,23,24);1-2H,(H,5,6)(H,7,8). The zero-order valence-corrected chi connectivity index (χ0v) is 17.8. The molecule has 0 fully saturated rings. The Morgan fingerprint density at radius 1 is 1.03 bits per heavy atom. The molecule has 168 valence electrons. The number of fused-ring (bicyclic) bond motifs is 1. The van der Waals surface area contributed by atoms with Gasteiger partial charge in [-0.15, -0.1) is 0 Å². The fourth-order valence-corrected chi connectivity index (χ4v) is 3.04. The molecule has 0 atom stereocenters. The number of rotatable bonds is 6. The second-order valence-corrected chi connectivity index (χ2v) is 6.97. The Kier molecular flexibility index (Phi) is 8.23. The van der Waals surface area contributed by atoms with Gasteiger partial charge >= 0.3 is 17.9 Å². The lowest BCUT2D eigenvalue weighted by Gasteiger charge is -2.18. The van der Waals surface area contributed by atoms with Crippen molar-refractivity contribution < 1.29 is 29.3 Å². The number of nitrogens with one attached hydrogen (secondary N) is 1. The highest BCUT2D eigenvalue weighted by atomic mass is 19.1. The summed E-state index contributed by atoms with van der Waals surface area (Å²) in [6, 6.07) is 10.1. The van der Waals surface area contributed by atoms with E-state index in [1.807, 2.05) is 32.9 Å². The van der Waals surface area contributed by atoms with Crippen molar-refractivity contribution in [1.82, 2.24) is 9.97 Å². The molecule has 3 rings (SSSR count). The van der Waals surface area contributed by atoms with E-state index < -0.39 is 11.9 Å². The van der Waals surface area contributed by atoms with E-state index in [1.165, 1.54) is 6.07 Å². The Balaban J connectivity index is 0.000000390. The van der Waals surface area contributed by atoms with E-state index in [4.69, 9.17) is 10.2 Å². The van der Waals surface area contributed by atoms with Crippen LogP contribution in [0.4, 0.5) is 10.1 Å². The minimum absolute atomic E-state index is 0.110. The molecule has 2 aromatic carbocycles. The van der Waals surface area contributed by atoms with Crippen molar-refractivity contribution in [2.45, 2.75) is 26.7 Å². The van der Waals surface area contributed by atoms with Crippen LogP contribution in [0.2, 0.25) is 0 Å². The van der Waals surface area contributed by atoms with Crippen LogP contribution >= 0.6 is 0 Å². The van der Waals surface area contributed by atoms with Gasteiger partial charge in [0.1, 0.15) is 11.5 Å². The summed E-state index contributed by atoms with van der Waals surface area (Å²) >= 11 is 0. The van der Waals surface area contributed by atoms with E-state index in [0.717, 1.165) is 22.3 Å². The number of halogens is 1. The molecule has 0 radical (unpaired) electrons. The van der Waals surface area contributed by atoms with Gasteiger partial charge < -0.3 is 20.6 Å². The highest BCUT2D eigenvalue weighted by Crippen LogP contribution is 2.37. The van der Waals surface area contributed by atoms with Gasteiger partial charge in [-0.25, -0.2) is 14.0 Å². The van der Waals surface area contributed by atoms with Gasteiger partial charge in [-0.1, -0.05) is 38.1 Å². The average Bonchev–Trinajstić information content (AvgIpc) is 2.74. The number of carboxylic acids is 2. The summed E-state index contributed by atoms with van der Waals surface area (Å²) in [6.45, 7) is 6.70. The lowest BCUT2D eigenvalue weighted by Crippen LogP contribution is -2.08. The molecule has 1 heterocycles. The molecule has 0 aliphatic rings. The van der Waals surface area contributed by atoms with E-state index in [9.17, 15) is 19.1 Å². The number of hydrogen-bond acceptors (Lipinski definition) is 6. The normalized spacial score (nSPS) is 10.8. The van der Waals surface area contributed by atoms with E-state index in [-0.39, 0.29) is 17.7 Å². The molecule has 32 heavy (non-hydrogen) atoms. The van der Waals surface area contributed by atoms with Crippen LogP contribution in [0.25, 0.3) is 22.0 Å². The molecule has 0 unspecified atom stereocenters. The zero-order chi connectivity index (χ0) is 23.8. The van der Waals surface area contributed by atoms with Gasteiger partial charge in [0.2, 0.25) is 0 Å². The highest BCUT2D eigenvalue weighted by Gasteiger charge is 2.19. The van der Waals surface area contributed by atoms with Crippen LogP contribution in [0.5, 0.6) is 6.01 Å². The predicted molar refractivity (Wildman–Crippen MR) is 119 cm³/mol. The largest absolute Gasteiger partial charge is 0.479 e. The molecule has 0 amide bonds. The van der Waals surface area contributed by atoms with Crippen LogP contribution < -0.4 is 5.32 Å². The Morgan fingerprint density at radius 3 is 2.16 bits per heavy atom. The first-order chi connectivity index (χ1) is 15.1. The predicted octanol–water partition coefficient (Wildman–Crippen LogP) is 4.41. The smallest absolute Gasteiger partial charge is 0.328 e. The first-order valence-corrected chi connectivity index (χ1v) is 9.82. The van der Waals surface area contributed by atoms with Gasteiger partial charge in [-0.2, -0.15) is 9.97 Å². The Morgan fingerprint density at radius 2 is 1.62 bits per heavy atom. The van der Waals surface area contributed by atoms with Crippen LogP contribution in [0.3, 0.4) is 0 Å². The maximum Gasteiger partial charge on any atom is 0.328 e. The number of anilines is 1. The number of aromatic hydroxyl groups is 1. The second-order valence-electron chi connectivity index (χ2n) is 6.97. The van der Waals surface area contributed by atoms with Gasteiger partial charge in [-0.05, 0) is 30.4 Å². The first kappa shape index (κ1) is 24.3. The van der Waals surface area contributed by atoms with E-state index in [2.05, 4.69) is 15.3 Å². The molecule has 0 aliphatic heterocycles. The number of carbonyl (C=O) groups is 2. The van der Waals surface area contributed by atoms with Crippen molar-refractivity contribution in [2.75, 3.05) is 11.9 Å². The number of hydrogen-bond donors (Lipinski definition) is 4. The molecule has 0 saturated heterocycles. The molecule has 8 nitrogen and oxygen atoms in total. The number of aromatic nitrogens is 2. The van der Waals surface area contributed by atoms with Crippen LogP contribution in [0.15, 0.2) is 48.6 Å². The van der Waals surface area contributed by atoms with Gasteiger partial charge in [0, 0.05) is 29.6 Å². The fourth-order valence-electron chi connectivity index (χ4n) is 3.04. The number of aliphatic carboxylic acids is 2. The molecule has 0 bridgehead atoms. The Bertz CT molecular complexity index is 1150. The zero-order valence-electron chi connectivity index (χ0n) is 17.8. The third kappa shape index (κ3) is 6.00. The average molecular weight is 441 g/mol. The fraction of sp³-hybridized carbons (Fsp3) is 0.217. The van der Waals surface area contributed by atoms with E-state index in [1.54, 1.807) is 18.2 Å². The SMILES string of the molecule is CCNc1c(-c2ccc(F)c3ccccc23)nc(O)nc1C(C)C.O=C(O)C=CC(=O)O. The van der Waals surface area contributed by atoms with Crippen molar-refractivity contribution >= 4 is 28.4 Å². The highest BCUT2D eigenvalue weighted by molar-refractivity contribution is 5.99. The lowest BCUT2D eigenvalue weighted by atomic mass is 9.98. The third-order valence-electron chi connectivity index (χ3n) is 4.32. The maximum absolute atomic E-state index is 14.1. The lowest BCUT2D eigenvalue weighted by molar-refractivity contribution is -0.134. The molecule has 0 saturated carbocycles. The Hall–Kier alpha value is -4.01. The Labute approximate surface area is 184 Å². The van der Waals surface area contributed by atoms with Gasteiger partial charge in [0.25, 0.3) is 0 Å². The van der Waals surface area contributed by atoms with Gasteiger partial charge in [0.05, 0.1) is 11.4 Å². The van der Waals surface area contributed by atoms with Crippen LogP contribution in [-0.4, -0.2) is 43.8 Å². The minimum Gasteiger partial charge on any atom is -0.479 e. The second kappa shape index (κ2) is 10.9. The molecule has 9 heteroatoms. The third-order valence-corrected chi connectivity index (χ3v) is 4.32. The van der Waals surface area contributed by atoms with Gasteiger partial charge in [-0.3, -0.25) is 0 Å². The minimum atomic E-state index is -1.26. The van der Waals surface area contributed by atoms with Crippen molar-refractivity contribution in [3.8, 4) is 17.3 Å². The quantitative estimate of drug-likeness (QED) is 0.414. The summed E-state index contributed by atoms with van der Waals surface area (Å²) in [5.41, 5.74) is 2.88. The summed E-state index contributed by atoms with van der Waals surface area (Å²) in [7, 11) is 0. The van der Waals surface area contributed by atoms with Crippen LogP contribution in [-0.2, 0) is 9.59 Å². The molecular formula is C23H24FN3O5. The van der Waals surface area contributed by atoms with E-state index >= 15 is 0 Å². The number of benzene rings is 2. The van der Waals surface area contributed by atoms with Crippen LogP contribution in [0.1, 0.15) is 32.4 Å². The molecular weight excluding hydrogens is 417 g/mol. The van der Waals surface area contributed by atoms with Gasteiger partial charge in [0.15, 0.2) is 0 Å². The number of nitrogens with zero attached hydrogens (tertiary/aromatic N) is 2. The van der Waals surface area contributed by atoms with Crippen molar-refractivity contribution in [1.29, 1.82) is 0 Å². The summed E-state index contributed by atoms with van der Waals surface area (Å²) in [5.74, 6) is -2.68. The number of carboxylic acid groups (broad SMARTS) is 2. The van der Waals surface area contributed by atoms with Crippen molar-refractivity contribution in [3.63, 3.8) is 0 Å². The molecule has 0 spiro atoms. The molecule has 3 aromatic rings. The van der Waals surface area contributed by atoms with E-state index in [0.29, 0.717) is 29.8 Å². The van der Waals surface area contributed by atoms with Crippen molar-refractivity contribution in [2.24, 2.45) is 0 Å². The summed E-state index contributed by atoms with van der Waals surface area (Å²) in [6.07, 6.45) is 1.12. The van der Waals surface area contributed by atoms with Crippen molar-refractivity contribution in [3.05, 3.63) is 60.1 Å². The molecule has 0 aliphatic carbocycles.